The molecule has 0 aliphatic carbocycles. The van der Waals surface area contributed by atoms with Crippen LogP contribution in [0.3, 0.4) is 0 Å². The van der Waals surface area contributed by atoms with Gasteiger partial charge in [-0.1, -0.05) is 0 Å². The molecule has 0 aliphatic rings. The van der Waals surface area contributed by atoms with Gasteiger partial charge >= 0.3 is 180 Å². The van der Waals surface area contributed by atoms with Gasteiger partial charge in [-0.05, 0) is 0 Å². The SMILES string of the molecule is O=c1c(Nc2ccncc2)c([AsH]CCc2ccc(-c3ccc(Cl)cc3)cc2)c1=O. The zero-order chi connectivity index (χ0) is 20.2. The molecule has 1 aromatic heterocycles. The van der Waals surface area contributed by atoms with Crippen LogP contribution in [0, 0.1) is 0 Å². The summed E-state index contributed by atoms with van der Waals surface area (Å²) in [6.45, 7) is 0. The Labute approximate surface area is 180 Å². The summed E-state index contributed by atoms with van der Waals surface area (Å²) in [6, 6.07) is 19.8. The minimum atomic E-state index is -0.673. The molecule has 1 unspecified atom stereocenters. The van der Waals surface area contributed by atoms with E-state index in [-0.39, 0.29) is 5.43 Å². The van der Waals surface area contributed by atoms with E-state index in [9.17, 15) is 9.59 Å². The molecule has 0 bridgehead atoms. The van der Waals surface area contributed by atoms with Crippen molar-refractivity contribution in [2.75, 3.05) is 5.32 Å². The molecule has 4 aromatic rings. The summed E-state index contributed by atoms with van der Waals surface area (Å²) in [6.07, 6.45) is 4.20. The quantitative estimate of drug-likeness (QED) is 0.336. The normalized spacial score (nSPS) is 11.3. The van der Waals surface area contributed by atoms with E-state index in [0.717, 1.165) is 33.5 Å². The van der Waals surface area contributed by atoms with Crippen molar-refractivity contribution in [3.05, 3.63) is 104 Å². The Bertz CT molecular complexity index is 1180. The third-order valence-corrected chi connectivity index (χ3v) is 7.75. The Morgan fingerprint density at radius 3 is 2.10 bits per heavy atom. The summed E-state index contributed by atoms with van der Waals surface area (Å²) in [5.74, 6) is 0. The molecule has 0 fully saturated rings. The van der Waals surface area contributed by atoms with Gasteiger partial charge in [0.2, 0.25) is 0 Å². The molecule has 4 nitrogen and oxygen atoms in total. The minimum absolute atomic E-state index is 0.320. The number of aromatic nitrogens is 1. The number of anilines is 2. The first-order chi connectivity index (χ1) is 14.1. The summed E-state index contributed by atoms with van der Waals surface area (Å²) in [7, 11) is 0. The Kier molecular flexibility index (Phi) is 5.94. The van der Waals surface area contributed by atoms with E-state index in [0.29, 0.717) is 10.0 Å². The molecule has 1 atom stereocenters. The van der Waals surface area contributed by atoms with E-state index in [2.05, 4.69) is 34.6 Å². The Morgan fingerprint density at radius 1 is 0.828 bits per heavy atom. The molecule has 0 radical (unpaired) electrons. The van der Waals surface area contributed by atoms with E-state index >= 15 is 0 Å². The van der Waals surface area contributed by atoms with Gasteiger partial charge in [-0.15, -0.1) is 0 Å². The van der Waals surface area contributed by atoms with Crippen LogP contribution < -0.4 is 20.5 Å². The molecule has 29 heavy (non-hydrogen) atoms. The zero-order valence-electron chi connectivity index (χ0n) is 15.5. The summed E-state index contributed by atoms with van der Waals surface area (Å²) >= 11 is 5.27. The van der Waals surface area contributed by atoms with Crippen molar-refractivity contribution in [3.8, 4) is 11.1 Å². The standard InChI is InChI=1S/C23H18AsClN2O2/c25-18-7-5-17(6-8-18)16-3-1-15(2-4-16)9-12-24-20-21(23(29)22(20)28)27-19-10-13-26-14-11-19/h1-8,10-11,13-14,24H,9,12H2,(H,26,27). The fourth-order valence-electron chi connectivity index (χ4n) is 3.10. The van der Waals surface area contributed by atoms with Gasteiger partial charge in [0.1, 0.15) is 0 Å². The molecule has 0 saturated carbocycles. The molecule has 4 rings (SSSR count). The van der Waals surface area contributed by atoms with Gasteiger partial charge in [-0.25, -0.2) is 0 Å². The van der Waals surface area contributed by atoms with Crippen molar-refractivity contribution in [3.63, 3.8) is 0 Å². The van der Waals surface area contributed by atoms with Crippen LogP contribution in [0.4, 0.5) is 11.4 Å². The topological polar surface area (TPSA) is 59.1 Å². The zero-order valence-corrected chi connectivity index (χ0v) is 18.3. The van der Waals surface area contributed by atoms with Crippen LogP contribution in [0.2, 0.25) is 10.2 Å². The number of rotatable bonds is 7. The maximum absolute atomic E-state index is 12.0. The van der Waals surface area contributed by atoms with Gasteiger partial charge in [0.25, 0.3) is 0 Å². The van der Waals surface area contributed by atoms with Gasteiger partial charge in [0.05, 0.1) is 0 Å². The van der Waals surface area contributed by atoms with Crippen LogP contribution in [0.1, 0.15) is 5.56 Å². The van der Waals surface area contributed by atoms with Crippen molar-refractivity contribution < 1.29 is 0 Å². The predicted octanol–water partition coefficient (Wildman–Crippen LogP) is 3.46. The molecule has 6 heteroatoms. The Morgan fingerprint density at radius 2 is 1.45 bits per heavy atom. The van der Waals surface area contributed by atoms with Crippen LogP contribution in [-0.4, -0.2) is 20.7 Å². The Hall–Kier alpha value is -2.68. The van der Waals surface area contributed by atoms with Crippen molar-refractivity contribution in [1.82, 2.24) is 4.98 Å². The third-order valence-electron chi connectivity index (χ3n) is 4.71. The van der Waals surface area contributed by atoms with Crippen molar-refractivity contribution in [2.24, 2.45) is 0 Å². The second-order valence-electron chi connectivity index (χ2n) is 6.65. The van der Waals surface area contributed by atoms with Crippen LogP contribution in [-0.2, 0) is 6.42 Å². The number of pyridine rings is 1. The number of halogens is 1. The van der Waals surface area contributed by atoms with Crippen LogP contribution in [0.15, 0.2) is 82.6 Å². The van der Waals surface area contributed by atoms with Crippen LogP contribution in [0.25, 0.3) is 11.1 Å². The number of benzene rings is 2. The van der Waals surface area contributed by atoms with E-state index in [1.807, 2.05) is 24.3 Å². The molecule has 0 aliphatic heterocycles. The molecular weight excluding hydrogens is 447 g/mol. The Balaban J connectivity index is 1.37. The van der Waals surface area contributed by atoms with Crippen molar-refractivity contribution in [1.29, 1.82) is 0 Å². The van der Waals surface area contributed by atoms with Gasteiger partial charge in [0, 0.05) is 0 Å². The monoisotopic (exact) mass is 464 g/mol. The van der Waals surface area contributed by atoms with E-state index in [4.69, 9.17) is 11.6 Å². The second kappa shape index (κ2) is 8.77. The molecule has 0 saturated heterocycles. The molecule has 1 heterocycles. The van der Waals surface area contributed by atoms with Crippen molar-refractivity contribution in [2.45, 2.75) is 11.6 Å². The van der Waals surface area contributed by atoms with E-state index < -0.39 is 21.2 Å². The van der Waals surface area contributed by atoms with Gasteiger partial charge in [-0.3, -0.25) is 0 Å². The summed E-state index contributed by atoms with van der Waals surface area (Å²) in [4.78, 5) is 27.9. The maximum atomic E-state index is 12.0. The summed E-state index contributed by atoms with van der Waals surface area (Å²) < 4.78 is 0.713. The average molecular weight is 465 g/mol. The number of nitrogens with one attached hydrogen (secondary N) is 1. The van der Waals surface area contributed by atoms with Crippen LogP contribution in [0.5, 0.6) is 0 Å². The average Bonchev–Trinajstić information content (AvgIpc) is 2.77. The first-order valence-corrected chi connectivity index (χ1v) is 12.1. The van der Waals surface area contributed by atoms with E-state index in [1.165, 1.54) is 5.56 Å². The number of hydrogen-bond donors (Lipinski definition) is 1. The van der Waals surface area contributed by atoms with Crippen molar-refractivity contribution >= 4 is 43.1 Å². The van der Waals surface area contributed by atoms with Gasteiger partial charge in [-0.2, -0.15) is 0 Å². The number of hydrogen-bond acceptors (Lipinski definition) is 4. The third kappa shape index (κ3) is 4.50. The first-order valence-electron chi connectivity index (χ1n) is 9.21. The van der Waals surface area contributed by atoms with Gasteiger partial charge < -0.3 is 0 Å². The molecule has 0 amide bonds. The molecular formula is C23H18AsClN2O2. The fraction of sp³-hybridized carbons (Fsp3) is 0.0870. The molecule has 144 valence electrons. The molecule has 1 N–H and O–H groups in total. The number of aryl methyl sites for hydroxylation is 1. The second-order valence-corrected chi connectivity index (χ2v) is 9.93. The summed E-state index contributed by atoms with van der Waals surface area (Å²) in [5, 5.41) is 4.73. The fourth-order valence-corrected chi connectivity index (χ4v) is 5.93. The van der Waals surface area contributed by atoms with Crippen LogP contribution >= 0.6 is 11.6 Å². The first kappa shape index (κ1) is 19.6. The summed E-state index contributed by atoms with van der Waals surface area (Å²) in [5.41, 5.74) is 4.02. The molecule has 0 spiro atoms. The number of nitrogens with zero attached hydrogens (tertiary/aromatic N) is 1. The predicted molar refractivity (Wildman–Crippen MR) is 121 cm³/mol. The van der Waals surface area contributed by atoms with E-state index in [1.54, 1.807) is 24.5 Å². The molecule has 3 aromatic carbocycles. The van der Waals surface area contributed by atoms with Gasteiger partial charge in [0.15, 0.2) is 0 Å².